The second-order valence-electron chi connectivity index (χ2n) is 4.09. The molecule has 1 fully saturated rings. The summed E-state index contributed by atoms with van der Waals surface area (Å²) < 4.78 is 37.3. The van der Waals surface area contributed by atoms with Crippen molar-refractivity contribution in [1.29, 1.82) is 0 Å². The summed E-state index contributed by atoms with van der Waals surface area (Å²) in [6.07, 6.45) is 0. The van der Waals surface area contributed by atoms with E-state index < -0.39 is 20.8 Å². The maximum Gasteiger partial charge on any atom is 0.262 e. The van der Waals surface area contributed by atoms with Crippen LogP contribution in [0.1, 0.15) is 11.3 Å². The fourth-order valence-electron chi connectivity index (χ4n) is 1.87. The van der Waals surface area contributed by atoms with Gasteiger partial charge in [0.05, 0.1) is 0 Å². The van der Waals surface area contributed by atoms with Gasteiger partial charge in [0.1, 0.15) is 0 Å². The van der Waals surface area contributed by atoms with Crippen molar-refractivity contribution in [1.82, 2.24) is 14.5 Å². The highest BCUT2D eigenvalue weighted by Gasteiger charge is 2.32. The van der Waals surface area contributed by atoms with Crippen LogP contribution in [0, 0.1) is 6.92 Å². The van der Waals surface area contributed by atoms with E-state index in [1.807, 2.05) is 0 Å². The zero-order valence-electron chi connectivity index (χ0n) is 10.0. The van der Waals surface area contributed by atoms with Crippen LogP contribution in [-0.4, -0.2) is 51.7 Å². The Morgan fingerprint density at radius 1 is 1.44 bits per heavy atom. The molecule has 0 saturated carbocycles. The van der Waals surface area contributed by atoms with E-state index in [0.29, 0.717) is 22.8 Å². The summed E-state index contributed by atoms with van der Waals surface area (Å²) in [5.41, 5.74) is 6.73. The zero-order chi connectivity index (χ0) is 13.3. The Balaban J connectivity index is 2.33. The van der Waals surface area contributed by atoms with Crippen LogP contribution >= 0.6 is 0 Å². The molecule has 0 radical (unpaired) electrons. The van der Waals surface area contributed by atoms with E-state index in [1.54, 1.807) is 6.92 Å². The van der Waals surface area contributed by atoms with E-state index in [-0.39, 0.29) is 24.7 Å². The summed E-state index contributed by atoms with van der Waals surface area (Å²) >= 11 is 0. The van der Waals surface area contributed by atoms with Crippen LogP contribution in [-0.2, 0) is 27.4 Å². The lowest BCUT2D eigenvalue weighted by Crippen LogP contribution is -2.42. The van der Waals surface area contributed by atoms with Crippen LogP contribution in [0.25, 0.3) is 0 Å². The van der Waals surface area contributed by atoms with Gasteiger partial charge < -0.3 is 5.73 Å². The molecule has 1 aromatic rings. The molecule has 2 heterocycles. The smallest absolute Gasteiger partial charge is 0.262 e. The fraction of sp³-hybridized carbons (Fsp3) is 0.667. The number of rotatable bonds is 3. The lowest BCUT2D eigenvalue weighted by Gasteiger charge is -2.24. The Morgan fingerprint density at radius 2 is 2.06 bits per heavy atom. The Morgan fingerprint density at radius 3 is 2.61 bits per heavy atom. The van der Waals surface area contributed by atoms with Crippen molar-refractivity contribution < 1.29 is 12.6 Å². The first-order valence-corrected chi connectivity index (χ1v) is 8.48. The minimum atomic E-state index is -3.63. The van der Waals surface area contributed by atoms with Crippen molar-refractivity contribution in [3.63, 3.8) is 0 Å². The second kappa shape index (κ2) is 5.08. The number of sulfonamides is 1. The summed E-state index contributed by atoms with van der Waals surface area (Å²) in [5, 5.41) is 6.48. The molecule has 0 spiro atoms. The monoisotopic (exact) mass is 292 g/mol. The van der Waals surface area contributed by atoms with Crippen LogP contribution in [0.3, 0.4) is 0 Å². The standard InChI is InChI=1S/C9H16N4O3S2/c1-7-8(6-10)9(12-11-7)18(15,16)13-2-4-17(14)5-3-13/h2-6,10H2,1H3,(H,11,12). The van der Waals surface area contributed by atoms with Gasteiger partial charge in [-0.2, -0.15) is 9.40 Å². The number of hydrogen-bond donors (Lipinski definition) is 2. The highest BCUT2D eigenvalue weighted by Crippen LogP contribution is 2.21. The first kappa shape index (κ1) is 13.7. The molecule has 1 aromatic heterocycles. The number of nitrogens with one attached hydrogen (secondary N) is 1. The lowest BCUT2D eigenvalue weighted by atomic mass is 10.3. The first-order chi connectivity index (χ1) is 8.46. The second-order valence-corrected chi connectivity index (χ2v) is 7.64. The summed E-state index contributed by atoms with van der Waals surface area (Å²) in [5.74, 6) is 0.751. The number of nitrogens with zero attached hydrogens (tertiary/aromatic N) is 2. The largest absolute Gasteiger partial charge is 0.326 e. The highest BCUT2D eigenvalue weighted by molar-refractivity contribution is 7.89. The molecule has 3 N–H and O–H groups in total. The van der Waals surface area contributed by atoms with E-state index in [4.69, 9.17) is 5.73 Å². The van der Waals surface area contributed by atoms with Gasteiger partial charge in [0.25, 0.3) is 10.0 Å². The number of nitrogens with two attached hydrogens (primary N) is 1. The van der Waals surface area contributed by atoms with Gasteiger partial charge in [-0.3, -0.25) is 9.31 Å². The predicted molar refractivity (Wildman–Crippen MR) is 67.9 cm³/mol. The Bertz CT molecular complexity index is 556. The van der Waals surface area contributed by atoms with Crippen LogP contribution in [0.2, 0.25) is 0 Å². The van der Waals surface area contributed by atoms with Gasteiger partial charge in [0.2, 0.25) is 0 Å². The normalized spacial score (nSPS) is 19.2. The van der Waals surface area contributed by atoms with Crippen molar-refractivity contribution in [3.05, 3.63) is 11.3 Å². The molecular formula is C9H16N4O3S2. The quantitative estimate of drug-likeness (QED) is 0.737. The number of hydrogen-bond acceptors (Lipinski definition) is 5. The number of H-pyrrole nitrogens is 1. The molecule has 102 valence electrons. The topological polar surface area (TPSA) is 109 Å². The van der Waals surface area contributed by atoms with Gasteiger partial charge >= 0.3 is 0 Å². The number of aryl methyl sites for hydroxylation is 1. The fourth-order valence-corrected chi connectivity index (χ4v) is 4.77. The lowest BCUT2D eigenvalue weighted by molar-refractivity contribution is 0.435. The number of aromatic amines is 1. The summed E-state index contributed by atoms with van der Waals surface area (Å²) in [4.78, 5) is 0. The van der Waals surface area contributed by atoms with Gasteiger partial charge in [-0.25, -0.2) is 8.42 Å². The van der Waals surface area contributed by atoms with Crippen molar-refractivity contribution in [2.75, 3.05) is 24.6 Å². The molecule has 1 saturated heterocycles. The molecule has 18 heavy (non-hydrogen) atoms. The van der Waals surface area contributed by atoms with Crippen LogP contribution < -0.4 is 5.73 Å². The van der Waals surface area contributed by atoms with Gasteiger partial charge in [-0.05, 0) is 6.92 Å². The summed E-state index contributed by atoms with van der Waals surface area (Å²) in [7, 11) is -4.54. The molecule has 7 nitrogen and oxygen atoms in total. The molecule has 0 aromatic carbocycles. The zero-order valence-corrected chi connectivity index (χ0v) is 11.7. The minimum Gasteiger partial charge on any atom is -0.326 e. The molecule has 9 heteroatoms. The molecule has 0 atom stereocenters. The molecular weight excluding hydrogens is 276 g/mol. The van der Waals surface area contributed by atoms with Crippen LogP contribution in [0.4, 0.5) is 0 Å². The van der Waals surface area contributed by atoms with Gasteiger partial charge in [-0.15, -0.1) is 0 Å². The Kier molecular flexibility index (Phi) is 3.85. The van der Waals surface area contributed by atoms with Crippen LogP contribution in [0.15, 0.2) is 5.03 Å². The average Bonchev–Trinajstić information content (AvgIpc) is 2.71. The Labute approximate surface area is 108 Å². The van der Waals surface area contributed by atoms with E-state index in [0.717, 1.165) is 0 Å². The number of aromatic nitrogens is 2. The highest BCUT2D eigenvalue weighted by atomic mass is 32.2. The summed E-state index contributed by atoms with van der Waals surface area (Å²) in [6.45, 7) is 2.39. The van der Waals surface area contributed by atoms with Gasteiger partial charge in [0.15, 0.2) is 5.03 Å². The molecule has 1 aliphatic heterocycles. The van der Waals surface area contributed by atoms with E-state index >= 15 is 0 Å². The van der Waals surface area contributed by atoms with Crippen molar-refractivity contribution in [2.45, 2.75) is 18.5 Å². The SMILES string of the molecule is Cc1[nH]nc(S(=O)(=O)N2CCS(=O)CC2)c1CN. The van der Waals surface area contributed by atoms with Gasteiger partial charge in [-0.1, -0.05) is 0 Å². The van der Waals surface area contributed by atoms with E-state index in [1.165, 1.54) is 4.31 Å². The molecule has 0 amide bonds. The molecule has 0 unspecified atom stereocenters. The van der Waals surface area contributed by atoms with Gasteiger partial charge in [0, 0.05) is 53.2 Å². The van der Waals surface area contributed by atoms with Crippen LogP contribution in [0.5, 0.6) is 0 Å². The summed E-state index contributed by atoms with van der Waals surface area (Å²) in [6, 6.07) is 0. The molecule has 2 rings (SSSR count). The third kappa shape index (κ3) is 2.35. The third-order valence-corrected chi connectivity index (χ3v) is 6.11. The first-order valence-electron chi connectivity index (χ1n) is 5.56. The van der Waals surface area contributed by atoms with Crippen molar-refractivity contribution >= 4 is 20.8 Å². The predicted octanol–water partition coefficient (Wildman–Crippen LogP) is -1.07. The molecule has 0 aliphatic carbocycles. The molecule has 1 aliphatic rings. The maximum absolute atomic E-state index is 12.4. The minimum absolute atomic E-state index is 0.00446. The van der Waals surface area contributed by atoms with Crippen molar-refractivity contribution in [2.24, 2.45) is 5.73 Å². The maximum atomic E-state index is 12.4. The average molecular weight is 292 g/mol. The third-order valence-electron chi connectivity index (χ3n) is 2.96. The Hall–Kier alpha value is -0.770. The van der Waals surface area contributed by atoms with E-state index in [9.17, 15) is 12.6 Å². The van der Waals surface area contributed by atoms with E-state index in [2.05, 4.69) is 10.2 Å². The van der Waals surface area contributed by atoms with Crippen molar-refractivity contribution in [3.8, 4) is 0 Å². The molecule has 0 bridgehead atoms.